The van der Waals surface area contributed by atoms with Gasteiger partial charge in [-0.15, -0.1) is 0 Å². The molecule has 1 nitrogen and oxygen atoms in total. The van der Waals surface area contributed by atoms with Gasteiger partial charge in [-0.1, -0.05) is 30.3 Å². The normalized spacial score (nSPS) is 13.9. The molecule has 0 radical (unpaired) electrons. The van der Waals surface area contributed by atoms with E-state index in [1.165, 1.54) is 0 Å². The first-order chi connectivity index (χ1) is 7.37. The number of ether oxygens (including phenoxy) is 1. The van der Waals surface area contributed by atoms with Crippen molar-refractivity contribution in [3.05, 3.63) is 41.0 Å². The Hall–Kier alpha value is -1.08. The van der Waals surface area contributed by atoms with Crippen LogP contribution >= 0.6 is 0 Å². The lowest BCUT2D eigenvalue weighted by molar-refractivity contribution is 0.0663. The Labute approximate surface area is 94.2 Å². The molecule has 0 N–H and O–H groups in total. The van der Waals surface area contributed by atoms with Gasteiger partial charge in [0.2, 0.25) is 0 Å². The van der Waals surface area contributed by atoms with Crippen LogP contribution in [0.5, 0.6) is 0 Å². The maximum atomic E-state index is 8.13. The Morgan fingerprint density at radius 2 is 1.80 bits per heavy atom. The molecule has 0 unspecified atom stereocenters. The zero-order chi connectivity index (χ0) is 12.3. The summed E-state index contributed by atoms with van der Waals surface area (Å²) in [6.07, 6.45) is 1.85. The van der Waals surface area contributed by atoms with E-state index in [4.69, 9.17) is 6.11 Å². The van der Waals surface area contributed by atoms with E-state index in [2.05, 4.69) is 0 Å². The predicted molar refractivity (Wildman–Crippen MR) is 66.0 cm³/mol. The highest BCUT2D eigenvalue weighted by molar-refractivity contribution is 5.58. The highest BCUT2D eigenvalue weighted by Crippen LogP contribution is 2.18. The molecule has 0 spiro atoms. The number of rotatable bonds is 3. The third-order valence-electron chi connectivity index (χ3n) is 2.57. The van der Waals surface area contributed by atoms with E-state index < -0.39 is 5.60 Å². The summed E-state index contributed by atoms with van der Waals surface area (Å²) in [7, 11) is 1.66. The van der Waals surface area contributed by atoms with Crippen molar-refractivity contribution < 1.29 is 6.11 Å². The largest absolute Gasteiger partial charge is 0.375 e. The molecule has 0 amide bonds. The minimum atomic E-state index is -0.397. The second kappa shape index (κ2) is 4.63. The molecule has 0 saturated carbocycles. The van der Waals surface area contributed by atoms with Gasteiger partial charge in [-0.2, -0.15) is 0 Å². The van der Waals surface area contributed by atoms with Gasteiger partial charge in [0.1, 0.15) is 0 Å². The fraction of sp³-hybridized carbons (Fsp3) is 0.429. The molecular weight excluding hydrogens is 184 g/mol. The molecule has 82 valence electrons. The SMILES string of the molecule is [2H]/C(=C\C(C)(C)OC)c1c(C)cccc1C. The van der Waals surface area contributed by atoms with Gasteiger partial charge in [0.15, 0.2) is 0 Å². The Kier molecular flexibility index (Phi) is 3.22. The third-order valence-corrected chi connectivity index (χ3v) is 2.57. The van der Waals surface area contributed by atoms with Gasteiger partial charge in [-0.05, 0) is 44.4 Å². The monoisotopic (exact) mass is 205 g/mol. The molecule has 1 heteroatoms. The fourth-order valence-electron chi connectivity index (χ4n) is 1.35. The van der Waals surface area contributed by atoms with Crippen LogP contribution in [0.25, 0.3) is 6.05 Å². The molecule has 0 bridgehead atoms. The Morgan fingerprint density at radius 1 is 1.27 bits per heavy atom. The van der Waals surface area contributed by atoms with E-state index in [0.29, 0.717) is 6.05 Å². The maximum Gasteiger partial charge on any atom is 0.0805 e. The van der Waals surface area contributed by atoms with Crippen LogP contribution in [0, 0.1) is 13.8 Å². The molecule has 0 aliphatic carbocycles. The minimum absolute atomic E-state index is 0.397. The van der Waals surface area contributed by atoms with Gasteiger partial charge in [-0.25, -0.2) is 0 Å². The molecule has 15 heavy (non-hydrogen) atoms. The second-order valence-corrected chi connectivity index (χ2v) is 4.36. The fourth-order valence-corrected chi connectivity index (χ4v) is 1.35. The number of benzene rings is 1. The summed E-state index contributed by atoms with van der Waals surface area (Å²) in [5.74, 6) is 0. The van der Waals surface area contributed by atoms with Crippen molar-refractivity contribution in [2.45, 2.75) is 33.3 Å². The van der Waals surface area contributed by atoms with Crippen molar-refractivity contribution in [1.82, 2.24) is 0 Å². The van der Waals surface area contributed by atoms with Crippen LogP contribution < -0.4 is 0 Å². The number of aryl methyl sites for hydroxylation is 2. The zero-order valence-corrected chi connectivity index (χ0v) is 10.2. The van der Waals surface area contributed by atoms with Gasteiger partial charge < -0.3 is 4.74 Å². The van der Waals surface area contributed by atoms with Crippen LogP contribution in [0.3, 0.4) is 0 Å². The predicted octanol–water partition coefficient (Wildman–Crippen LogP) is 3.74. The van der Waals surface area contributed by atoms with Crippen molar-refractivity contribution in [1.29, 1.82) is 0 Å². The van der Waals surface area contributed by atoms with Crippen molar-refractivity contribution in [2.24, 2.45) is 0 Å². The number of hydrogen-bond donors (Lipinski definition) is 0. The summed E-state index contributed by atoms with van der Waals surface area (Å²) < 4.78 is 13.4. The molecule has 0 saturated heterocycles. The summed E-state index contributed by atoms with van der Waals surface area (Å²) >= 11 is 0. The van der Waals surface area contributed by atoms with Gasteiger partial charge >= 0.3 is 0 Å². The Balaban J connectivity index is 3.19. The zero-order valence-electron chi connectivity index (χ0n) is 11.2. The van der Waals surface area contributed by atoms with Crippen molar-refractivity contribution >= 4 is 6.05 Å². The lowest BCUT2D eigenvalue weighted by Gasteiger charge is -2.18. The Bertz CT molecular complexity index is 385. The Morgan fingerprint density at radius 3 is 2.27 bits per heavy atom. The molecular formula is C14H20O. The highest BCUT2D eigenvalue weighted by Gasteiger charge is 2.11. The lowest BCUT2D eigenvalue weighted by Crippen LogP contribution is -2.18. The molecule has 0 aliphatic heterocycles. The first kappa shape index (κ1) is 10.4. The van der Waals surface area contributed by atoms with Crippen LogP contribution in [0.1, 0.15) is 31.9 Å². The van der Waals surface area contributed by atoms with E-state index in [-0.39, 0.29) is 0 Å². The van der Waals surface area contributed by atoms with E-state index in [1.54, 1.807) is 7.11 Å². The first-order valence-corrected chi connectivity index (χ1v) is 5.18. The van der Waals surface area contributed by atoms with Crippen LogP contribution in [-0.4, -0.2) is 12.7 Å². The average Bonchev–Trinajstić information content (AvgIpc) is 2.16. The molecule has 1 aromatic carbocycles. The maximum absolute atomic E-state index is 8.13. The molecule has 0 fully saturated rings. The van der Waals surface area contributed by atoms with Crippen LogP contribution in [0.15, 0.2) is 24.3 Å². The van der Waals surface area contributed by atoms with Crippen LogP contribution in [0.4, 0.5) is 0 Å². The van der Waals surface area contributed by atoms with E-state index in [0.717, 1.165) is 16.7 Å². The molecule has 0 heterocycles. The smallest absolute Gasteiger partial charge is 0.0805 e. The van der Waals surface area contributed by atoms with E-state index >= 15 is 0 Å². The third kappa shape index (κ3) is 3.21. The van der Waals surface area contributed by atoms with Gasteiger partial charge in [0, 0.05) is 7.11 Å². The first-order valence-electron chi connectivity index (χ1n) is 5.68. The summed E-state index contributed by atoms with van der Waals surface area (Å²) in [6, 6.07) is 6.61. The molecule has 0 aromatic heterocycles. The standard InChI is InChI=1S/C14H20O/c1-11-7-6-8-12(2)13(11)9-10-14(3,4)15-5/h6-10H,1-5H3/b10-9+/i9D. The highest BCUT2D eigenvalue weighted by atomic mass is 16.5. The molecule has 1 rings (SSSR count). The van der Waals surface area contributed by atoms with E-state index in [9.17, 15) is 0 Å². The van der Waals surface area contributed by atoms with Gasteiger partial charge in [0.05, 0.1) is 6.97 Å². The van der Waals surface area contributed by atoms with Crippen molar-refractivity contribution in [3.63, 3.8) is 0 Å². The number of methoxy groups -OCH3 is 1. The van der Waals surface area contributed by atoms with Gasteiger partial charge in [0.25, 0.3) is 0 Å². The molecule has 0 aliphatic rings. The molecule has 1 aromatic rings. The second-order valence-electron chi connectivity index (χ2n) is 4.36. The quantitative estimate of drug-likeness (QED) is 0.730. The average molecular weight is 205 g/mol. The lowest BCUT2D eigenvalue weighted by atomic mass is 10.00. The molecule has 0 atom stereocenters. The van der Waals surface area contributed by atoms with Gasteiger partial charge in [-0.3, -0.25) is 0 Å². The van der Waals surface area contributed by atoms with Crippen LogP contribution in [0.2, 0.25) is 0 Å². The topological polar surface area (TPSA) is 9.23 Å². The van der Waals surface area contributed by atoms with Crippen molar-refractivity contribution in [3.8, 4) is 0 Å². The number of hydrogen-bond acceptors (Lipinski definition) is 1. The van der Waals surface area contributed by atoms with E-state index in [1.807, 2.05) is 52.0 Å². The summed E-state index contributed by atoms with van der Waals surface area (Å²) in [5, 5.41) is 0. The summed E-state index contributed by atoms with van der Waals surface area (Å²) in [4.78, 5) is 0. The van der Waals surface area contributed by atoms with Crippen molar-refractivity contribution in [2.75, 3.05) is 7.11 Å². The minimum Gasteiger partial charge on any atom is -0.375 e. The summed E-state index contributed by atoms with van der Waals surface area (Å²) in [6.45, 7) is 7.97. The van der Waals surface area contributed by atoms with Crippen LogP contribution in [-0.2, 0) is 4.74 Å². The summed E-state index contributed by atoms with van der Waals surface area (Å²) in [5.41, 5.74) is 2.88.